The number of halogens is 1. The van der Waals surface area contributed by atoms with Crippen molar-refractivity contribution in [3.63, 3.8) is 0 Å². The zero-order valence-electron chi connectivity index (χ0n) is 11.9. The molecule has 116 valence electrons. The largest absolute Gasteiger partial charge is 0.508 e. The van der Waals surface area contributed by atoms with Gasteiger partial charge in [0.25, 0.3) is 5.91 Å². The van der Waals surface area contributed by atoms with Gasteiger partial charge in [0.15, 0.2) is 11.2 Å². The van der Waals surface area contributed by atoms with Crippen molar-refractivity contribution in [3.05, 3.63) is 75.1 Å². The van der Waals surface area contributed by atoms with E-state index in [1.165, 1.54) is 18.2 Å². The van der Waals surface area contributed by atoms with E-state index in [0.29, 0.717) is 10.4 Å². The van der Waals surface area contributed by atoms with Crippen LogP contribution in [0.25, 0.3) is 11.0 Å². The van der Waals surface area contributed by atoms with E-state index < -0.39 is 5.91 Å². The van der Waals surface area contributed by atoms with E-state index in [-0.39, 0.29) is 29.1 Å². The molecule has 0 atom stereocenters. The van der Waals surface area contributed by atoms with Gasteiger partial charge in [-0.1, -0.05) is 23.7 Å². The smallest absolute Gasteiger partial charge is 0.287 e. The quantitative estimate of drug-likeness (QED) is 0.774. The molecule has 2 N–H and O–H groups in total. The number of amides is 1. The molecule has 0 aliphatic heterocycles. The van der Waals surface area contributed by atoms with Gasteiger partial charge < -0.3 is 14.8 Å². The highest BCUT2D eigenvalue weighted by Crippen LogP contribution is 2.18. The zero-order chi connectivity index (χ0) is 16.4. The fraction of sp³-hybridized carbons (Fsp3) is 0.0588. The molecule has 2 aromatic carbocycles. The molecule has 5 nitrogen and oxygen atoms in total. The van der Waals surface area contributed by atoms with Crippen molar-refractivity contribution >= 4 is 28.5 Å². The number of carbonyl (C=O) groups excluding carboxylic acids is 1. The number of phenolic OH excluding ortho intramolecular Hbond substituents is 1. The van der Waals surface area contributed by atoms with Crippen LogP contribution in [0.4, 0.5) is 0 Å². The van der Waals surface area contributed by atoms with Crippen LogP contribution in [0.3, 0.4) is 0 Å². The number of nitrogens with one attached hydrogen (secondary N) is 1. The lowest BCUT2D eigenvalue weighted by molar-refractivity contribution is 0.0923. The van der Waals surface area contributed by atoms with Crippen LogP contribution in [0.5, 0.6) is 5.75 Å². The van der Waals surface area contributed by atoms with E-state index in [1.54, 1.807) is 24.3 Å². The van der Waals surface area contributed by atoms with Gasteiger partial charge in [-0.05, 0) is 29.8 Å². The minimum atomic E-state index is -0.512. The van der Waals surface area contributed by atoms with Crippen molar-refractivity contribution in [2.45, 2.75) is 6.54 Å². The van der Waals surface area contributed by atoms with Crippen molar-refractivity contribution in [3.8, 4) is 5.75 Å². The van der Waals surface area contributed by atoms with Crippen LogP contribution >= 0.6 is 11.6 Å². The molecule has 23 heavy (non-hydrogen) atoms. The number of rotatable bonds is 3. The number of aromatic hydroxyl groups is 1. The van der Waals surface area contributed by atoms with E-state index in [0.717, 1.165) is 11.6 Å². The average Bonchev–Trinajstić information content (AvgIpc) is 2.53. The molecule has 0 saturated carbocycles. The van der Waals surface area contributed by atoms with E-state index >= 15 is 0 Å². The minimum absolute atomic E-state index is 0.0422. The van der Waals surface area contributed by atoms with Gasteiger partial charge >= 0.3 is 0 Å². The predicted molar refractivity (Wildman–Crippen MR) is 86.8 cm³/mol. The van der Waals surface area contributed by atoms with Crippen LogP contribution in [0.2, 0.25) is 5.02 Å². The van der Waals surface area contributed by atoms with E-state index in [1.807, 2.05) is 0 Å². The number of carbonyl (C=O) groups is 1. The first-order valence-corrected chi connectivity index (χ1v) is 7.20. The predicted octanol–water partition coefficient (Wildman–Crippen LogP) is 3.08. The van der Waals surface area contributed by atoms with Gasteiger partial charge in [-0.25, -0.2) is 0 Å². The second kappa shape index (κ2) is 6.14. The molecule has 3 rings (SSSR count). The van der Waals surface area contributed by atoms with Crippen LogP contribution in [0.15, 0.2) is 57.7 Å². The van der Waals surface area contributed by atoms with Crippen molar-refractivity contribution in [1.82, 2.24) is 5.32 Å². The third-order valence-corrected chi connectivity index (χ3v) is 3.55. The molecule has 6 heteroatoms. The molecule has 1 aromatic heterocycles. The molecule has 0 aliphatic rings. The Morgan fingerprint density at radius 1 is 1.13 bits per heavy atom. The number of hydrogen-bond acceptors (Lipinski definition) is 4. The zero-order valence-corrected chi connectivity index (χ0v) is 12.6. The summed E-state index contributed by atoms with van der Waals surface area (Å²) in [5.74, 6) is -0.663. The maximum atomic E-state index is 12.1. The molecule has 0 aliphatic carbocycles. The summed E-state index contributed by atoms with van der Waals surface area (Å²) < 4.78 is 5.40. The summed E-state index contributed by atoms with van der Waals surface area (Å²) in [5, 5.41) is 13.0. The van der Waals surface area contributed by atoms with Crippen molar-refractivity contribution in [2.24, 2.45) is 0 Å². The lowest BCUT2D eigenvalue weighted by Gasteiger charge is -2.06. The van der Waals surface area contributed by atoms with Crippen molar-refractivity contribution < 1.29 is 14.3 Å². The summed E-state index contributed by atoms with van der Waals surface area (Å²) in [5.41, 5.74) is 0.681. The number of fused-ring (bicyclic) bond motifs is 1. The molecule has 1 amide bonds. The summed E-state index contributed by atoms with van der Waals surface area (Å²) in [6.07, 6.45) is 0. The van der Waals surface area contributed by atoms with Crippen LogP contribution in [-0.4, -0.2) is 11.0 Å². The molecule has 0 radical (unpaired) electrons. The highest BCUT2D eigenvalue weighted by atomic mass is 35.5. The van der Waals surface area contributed by atoms with E-state index in [2.05, 4.69) is 5.32 Å². The first kappa shape index (κ1) is 15.1. The minimum Gasteiger partial charge on any atom is -0.508 e. The Bertz CT molecular complexity index is 931. The fourth-order valence-electron chi connectivity index (χ4n) is 2.13. The van der Waals surface area contributed by atoms with Crippen LogP contribution < -0.4 is 10.7 Å². The number of benzene rings is 2. The lowest BCUT2D eigenvalue weighted by atomic mass is 10.2. The Morgan fingerprint density at radius 3 is 2.61 bits per heavy atom. The normalized spacial score (nSPS) is 10.7. The molecule has 0 fully saturated rings. The van der Waals surface area contributed by atoms with Gasteiger partial charge in [-0.2, -0.15) is 0 Å². The van der Waals surface area contributed by atoms with Gasteiger partial charge in [-0.3, -0.25) is 9.59 Å². The molecular formula is C17H12ClNO4. The van der Waals surface area contributed by atoms with Gasteiger partial charge in [0.2, 0.25) is 0 Å². The number of hydrogen-bond donors (Lipinski definition) is 2. The SMILES string of the molecule is O=C(NCc1ccc(Cl)cc1)c1cc(=O)c2ccc(O)cc2o1. The summed E-state index contributed by atoms with van der Waals surface area (Å²) in [6.45, 7) is 0.276. The Balaban J connectivity index is 1.83. The Hall–Kier alpha value is -2.79. The monoisotopic (exact) mass is 329 g/mol. The first-order chi connectivity index (χ1) is 11.0. The van der Waals surface area contributed by atoms with Gasteiger partial charge in [0.1, 0.15) is 11.3 Å². The van der Waals surface area contributed by atoms with Gasteiger partial charge in [0, 0.05) is 23.7 Å². The standard InChI is InChI=1S/C17H12ClNO4/c18-11-3-1-10(2-4-11)9-19-17(22)16-8-14(21)13-6-5-12(20)7-15(13)23-16/h1-8,20H,9H2,(H,19,22). The molecule has 0 unspecified atom stereocenters. The molecule has 0 bridgehead atoms. The highest BCUT2D eigenvalue weighted by Gasteiger charge is 2.12. The molecule has 0 spiro atoms. The van der Waals surface area contributed by atoms with E-state index in [9.17, 15) is 14.7 Å². The average molecular weight is 330 g/mol. The summed E-state index contributed by atoms with van der Waals surface area (Å²) in [7, 11) is 0. The maximum absolute atomic E-state index is 12.1. The first-order valence-electron chi connectivity index (χ1n) is 6.82. The maximum Gasteiger partial charge on any atom is 0.287 e. The molecular weight excluding hydrogens is 318 g/mol. The van der Waals surface area contributed by atoms with Crippen molar-refractivity contribution in [1.29, 1.82) is 0 Å². The van der Waals surface area contributed by atoms with Crippen LogP contribution in [0.1, 0.15) is 16.1 Å². The second-order valence-corrected chi connectivity index (χ2v) is 5.40. The van der Waals surface area contributed by atoms with Gasteiger partial charge in [0.05, 0.1) is 5.39 Å². The lowest BCUT2D eigenvalue weighted by Crippen LogP contribution is -2.23. The second-order valence-electron chi connectivity index (χ2n) is 4.96. The summed E-state index contributed by atoms with van der Waals surface area (Å²) >= 11 is 5.80. The third-order valence-electron chi connectivity index (χ3n) is 3.30. The van der Waals surface area contributed by atoms with Gasteiger partial charge in [-0.15, -0.1) is 0 Å². The van der Waals surface area contributed by atoms with Crippen LogP contribution in [-0.2, 0) is 6.54 Å². The Labute approximate surface area is 136 Å². The summed E-state index contributed by atoms with van der Waals surface area (Å²) in [6, 6.07) is 12.3. The summed E-state index contributed by atoms with van der Waals surface area (Å²) in [4.78, 5) is 24.1. The fourth-order valence-corrected chi connectivity index (χ4v) is 2.25. The highest BCUT2D eigenvalue weighted by molar-refractivity contribution is 6.30. The molecule has 0 saturated heterocycles. The topological polar surface area (TPSA) is 79.5 Å². The molecule has 3 aromatic rings. The third kappa shape index (κ3) is 3.35. The van der Waals surface area contributed by atoms with Crippen LogP contribution in [0, 0.1) is 0 Å². The number of phenols is 1. The Kier molecular flexibility index (Phi) is 4.04. The Morgan fingerprint density at radius 2 is 1.87 bits per heavy atom. The van der Waals surface area contributed by atoms with E-state index in [4.69, 9.17) is 16.0 Å². The molecule has 1 heterocycles. The van der Waals surface area contributed by atoms with Crippen molar-refractivity contribution in [2.75, 3.05) is 0 Å².